The molecule has 33 valence electrons. The smallest absolute Gasteiger partial charge is 0.0149 e. The average molecular weight is 149 g/mol. The van der Waals surface area contributed by atoms with Crippen LogP contribution < -0.4 is 0 Å². The molecular formula is H7AlMnO2Si. The predicted octanol–water partition coefficient (Wildman–Crippen LogP) is -2.88. The van der Waals surface area contributed by atoms with Gasteiger partial charge in [0.2, 0.25) is 0 Å². The molecule has 0 spiro atoms. The summed E-state index contributed by atoms with van der Waals surface area (Å²) in [5.41, 5.74) is 0. The van der Waals surface area contributed by atoms with Crippen LogP contribution in [0.3, 0.4) is 0 Å². The molecule has 0 bridgehead atoms. The van der Waals surface area contributed by atoms with E-state index in [4.69, 9.17) is 7.67 Å². The third-order valence-corrected chi connectivity index (χ3v) is 0. The third kappa shape index (κ3) is 53.1. The zero-order valence-electron chi connectivity index (χ0n) is 1.19. The quantitative estimate of drug-likeness (QED) is 0.347. The molecule has 0 unspecified atom stereocenters. The first kappa shape index (κ1) is 16.9. The van der Waals surface area contributed by atoms with Crippen LogP contribution in [0.4, 0.5) is 0 Å². The first-order valence-electron chi connectivity index (χ1n) is 0.309. The van der Waals surface area contributed by atoms with Crippen LogP contribution in [0.15, 0.2) is 0 Å². The maximum absolute atomic E-state index is 8.41. The summed E-state index contributed by atoms with van der Waals surface area (Å²) in [5, 5.41) is 0. The molecule has 0 N–H and O–H groups in total. The van der Waals surface area contributed by atoms with Gasteiger partial charge in [-0.3, -0.25) is 0 Å². The Balaban J connectivity index is -0.0000000200. The summed E-state index contributed by atoms with van der Waals surface area (Å²) in [6.07, 6.45) is 0. The van der Waals surface area contributed by atoms with Crippen molar-refractivity contribution < 1.29 is 22.5 Å². The monoisotopic (exact) mass is 149 g/mol. The molecule has 0 saturated heterocycles. The van der Waals surface area contributed by atoms with Crippen molar-refractivity contribution >= 4 is 28.3 Å². The minimum atomic E-state index is -1.44. The minimum Gasteiger partial charge on any atom is -0.0149 e. The minimum absolute atomic E-state index is 0. The number of hydrogen-bond acceptors (Lipinski definition) is 2. The van der Waals surface area contributed by atoms with Gasteiger partial charge in [0.25, 0.3) is 0 Å². The molecule has 0 rings (SSSR count). The fraction of sp³-hybridized carbons (Fsp3) is 0. The van der Waals surface area contributed by atoms with Gasteiger partial charge in [-0.1, -0.05) is 0 Å². The van der Waals surface area contributed by atoms with E-state index in [0.29, 0.717) is 0 Å². The summed E-state index contributed by atoms with van der Waals surface area (Å²) in [7, 11) is 0. The molecule has 0 aliphatic carbocycles. The molecule has 0 aromatic heterocycles. The summed E-state index contributed by atoms with van der Waals surface area (Å²) in [5.74, 6) is 0. The van der Waals surface area contributed by atoms with E-state index in [1.807, 2.05) is 0 Å². The molecule has 0 atom stereocenters. The van der Waals surface area contributed by atoms with Crippen molar-refractivity contribution in [3.8, 4) is 0 Å². The van der Waals surface area contributed by atoms with E-state index in [9.17, 15) is 0 Å². The second-order valence-electron chi connectivity index (χ2n) is 0.0630. The third-order valence-electron chi connectivity index (χ3n) is 0. The van der Waals surface area contributed by atoms with Crippen LogP contribution >= 0.6 is 0 Å². The SMILES string of the molecule is [AlH3].[O]=[Mn]=[O].[SiH4]. The molecule has 0 amide bonds. The first-order valence-corrected chi connectivity index (χ1v) is 1.27. The van der Waals surface area contributed by atoms with Gasteiger partial charge in [0.15, 0.2) is 17.4 Å². The van der Waals surface area contributed by atoms with E-state index in [0.717, 1.165) is 0 Å². The van der Waals surface area contributed by atoms with Gasteiger partial charge < -0.3 is 0 Å². The summed E-state index contributed by atoms with van der Waals surface area (Å²) >= 11 is -1.44. The molecule has 0 saturated carbocycles. The van der Waals surface area contributed by atoms with Gasteiger partial charge in [-0.05, 0) is 11.0 Å². The maximum atomic E-state index is 8.41. The fourth-order valence-electron chi connectivity index (χ4n) is 0. The Bertz CT molecular complexity index is 30.6. The Kier molecular flexibility index (Phi) is 70.5. The zero-order chi connectivity index (χ0) is 2.71. The van der Waals surface area contributed by atoms with Crippen molar-refractivity contribution in [2.24, 2.45) is 0 Å². The Labute approximate surface area is 51.0 Å². The molecule has 0 aromatic rings. The summed E-state index contributed by atoms with van der Waals surface area (Å²) in [4.78, 5) is 0. The van der Waals surface area contributed by atoms with Crippen LogP contribution in [0.25, 0.3) is 0 Å². The van der Waals surface area contributed by atoms with Crippen molar-refractivity contribution in [3.63, 3.8) is 0 Å². The van der Waals surface area contributed by atoms with Crippen LogP contribution in [0.5, 0.6) is 0 Å². The van der Waals surface area contributed by atoms with Crippen LogP contribution in [-0.4, -0.2) is 28.3 Å². The van der Waals surface area contributed by atoms with E-state index in [1.165, 1.54) is 0 Å². The van der Waals surface area contributed by atoms with Gasteiger partial charge >= 0.3 is 22.5 Å². The Hall–Kier alpha value is 0.869. The molecule has 0 radical (unpaired) electrons. The van der Waals surface area contributed by atoms with Crippen LogP contribution in [-0.2, 0) is 22.5 Å². The molecule has 0 aromatic carbocycles. The second kappa shape index (κ2) is 20.9. The molecular weight excluding hydrogens is 142 g/mol. The molecule has 5 heteroatoms. The summed E-state index contributed by atoms with van der Waals surface area (Å²) < 4.78 is 16.8. The Morgan fingerprint density at radius 3 is 1.20 bits per heavy atom. The van der Waals surface area contributed by atoms with Gasteiger partial charge in [-0.25, -0.2) is 0 Å². The molecule has 0 fully saturated rings. The van der Waals surface area contributed by atoms with E-state index in [2.05, 4.69) is 0 Å². The summed E-state index contributed by atoms with van der Waals surface area (Å²) in [6, 6.07) is 0. The number of rotatable bonds is 0. The van der Waals surface area contributed by atoms with Crippen molar-refractivity contribution in [3.05, 3.63) is 0 Å². The van der Waals surface area contributed by atoms with Gasteiger partial charge in [-0.2, -0.15) is 0 Å². The van der Waals surface area contributed by atoms with E-state index in [-0.39, 0.29) is 28.3 Å². The largest absolute Gasteiger partial charge is 0.0149 e. The topological polar surface area (TPSA) is 34.1 Å². The van der Waals surface area contributed by atoms with E-state index < -0.39 is 14.8 Å². The van der Waals surface area contributed by atoms with Crippen LogP contribution in [0.2, 0.25) is 0 Å². The molecule has 0 aliphatic rings. The molecule has 2 nitrogen and oxygen atoms in total. The van der Waals surface area contributed by atoms with Crippen molar-refractivity contribution in [1.29, 1.82) is 0 Å². The normalized spacial score (nSPS) is 2.40. The second-order valence-corrected chi connectivity index (χ2v) is 0.260. The zero-order valence-corrected chi connectivity index (χ0v) is 2.37. The van der Waals surface area contributed by atoms with Gasteiger partial charge in [0, 0.05) is 0 Å². The van der Waals surface area contributed by atoms with Crippen LogP contribution in [0.1, 0.15) is 0 Å². The average Bonchev–Trinajstić information content (AvgIpc) is 0.918. The summed E-state index contributed by atoms with van der Waals surface area (Å²) in [6.45, 7) is 0. The van der Waals surface area contributed by atoms with Gasteiger partial charge in [0.1, 0.15) is 0 Å². The predicted molar refractivity (Wildman–Crippen MR) is 22.6 cm³/mol. The van der Waals surface area contributed by atoms with Crippen LogP contribution in [0, 0.1) is 0 Å². The van der Waals surface area contributed by atoms with Crippen molar-refractivity contribution in [1.82, 2.24) is 0 Å². The molecule has 0 heterocycles. The Morgan fingerprint density at radius 2 is 1.20 bits per heavy atom. The fourth-order valence-corrected chi connectivity index (χ4v) is 0. The molecule has 0 aliphatic heterocycles. The first-order chi connectivity index (χ1) is 1.41. The van der Waals surface area contributed by atoms with E-state index in [1.54, 1.807) is 0 Å². The number of hydrogen-bond donors (Lipinski definition) is 0. The van der Waals surface area contributed by atoms with Gasteiger partial charge in [0.05, 0.1) is 0 Å². The van der Waals surface area contributed by atoms with Gasteiger partial charge in [-0.15, -0.1) is 0 Å². The standard InChI is InChI=1S/Al.Mn.2O.H4Si.3H/h;;;;1H4;;;. The Morgan fingerprint density at radius 1 is 1.20 bits per heavy atom. The van der Waals surface area contributed by atoms with Crippen molar-refractivity contribution in [2.75, 3.05) is 0 Å². The molecule has 5 heavy (non-hydrogen) atoms. The van der Waals surface area contributed by atoms with E-state index >= 15 is 0 Å². The van der Waals surface area contributed by atoms with Crippen molar-refractivity contribution in [2.45, 2.75) is 0 Å². The maximum Gasteiger partial charge on any atom is -0.0149 e.